The van der Waals surface area contributed by atoms with Gasteiger partial charge in [-0.3, -0.25) is 9.69 Å². The Morgan fingerprint density at radius 3 is 2.31 bits per heavy atom. The van der Waals surface area contributed by atoms with Gasteiger partial charge in [-0.05, 0) is 139 Å². The van der Waals surface area contributed by atoms with E-state index in [0.29, 0.717) is 41.1 Å². The van der Waals surface area contributed by atoms with Gasteiger partial charge in [-0.15, -0.1) is 0 Å². The first kappa shape index (κ1) is 35.0. The molecule has 49 heavy (non-hydrogen) atoms. The number of carbonyl (C=O) groups is 2. The summed E-state index contributed by atoms with van der Waals surface area (Å²) >= 11 is 0. The third-order valence-corrected chi connectivity index (χ3v) is 16.4. The molecule has 0 spiro atoms. The van der Waals surface area contributed by atoms with Crippen molar-refractivity contribution in [3.63, 3.8) is 0 Å². The van der Waals surface area contributed by atoms with Gasteiger partial charge in [0.2, 0.25) is 5.91 Å². The molecule has 2 N–H and O–H groups in total. The standard InChI is InChI=1S/C43H62N2O4/c1-28(2)31-14-19-43(38(48)44-22-23-45-24-26-49-27-25-45)21-20-41(6)33(36(31)43)12-13-35-40(5)17-15-32(29-8-10-30(11-9-29)37(46)47)39(3,4)34(40)16-18-42(35,41)7/h8-11,15,31,33-36H,1,12-14,16-27H2,2-7H3,(H,44,48)(H,46,47). The molecule has 6 aliphatic rings. The number of hydrogen-bond donors (Lipinski definition) is 2. The van der Waals surface area contributed by atoms with E-state index in [1.54, 1.807) is 12.1 Å². The van der Waals surface area contributed by atoms with Crippen LogP contribution < -0.4 is 5.32 Å². The van der Waals surface area contributed by atoms with Crippen LogP contribution in [0.25, 0.3) is 5.57 Å². The summed E-state index contributed by atoms with van der Waals surface area (Å²) in [6.07, 6.45) is 12.7. The number of aromatic carboxylic acids is 1. The zero-order chi connectivity index (χ0) is 35.0. The molecule has 9 unspecified atom stereocenters. The number of benzene rings is 1. The van der Waals surface area contributed by atoms with E-state index in [4.69, 9.17) is 4.74 Å². The van der Waals surface area contributed by atoms with Crippen molar-refractivity contribution in [1.29, 1.82) is 0 Å². The Labute approximate surface area is 295 Å². The number of nitrogens with zero attached hydrogens (tertiary/aromatic N) is 1. The fraction of sp³-hybridized carbons (Fsp3) is 0.721. The largest absolute Gasteiger partial charge is 0.478 e. The normalized spacial score (nSPS) is 41.3. The van der Waals surface area contributed by atoms with Crippen LogP contribution in [0.2, 0.25) is 0 Å². The van der Waals surface area contributed by atoms with Gasteiger partial charge < -0.3 is 15.2 Å². The van der Waals surface area contributed by atoms with Crippen LogP contribution in [0.1, 0.15) is 115 Å². The molecule has 6 nitrogen and oxygen atoms in total. The van der Waals surface area contributed by atoms with Gasteiger partial charge in [0.1, 0.15) is 0 Å². The van der Waals surface area contributed by atoms with E-state index in [0.717, 1.165) is 71.5 Å². The number of rotatable bonds is 7. The first-order valence-electron chi connectivity index (χ1n) is 19.5. The van der Waals surface area contributed by atoms with Crippen LogP contribution in [0.5, 0.6) is 0 Å². The van der Waals surface area contributed by atoms with Crippen molar-refractivity contribution < 1.29 is 19.4 Å². The lowest BCUT2D eigenvalue weighted by Gasteiger charge is -2.72. The molecule has 5 fully saturated rings. The van der Waals surface area contributed by atoms with E-state index in [1.807, 2.05) is 12.1 Å². The van der Waals surface area contributed by atoms with E-state index in [-0.39, 0.29) is 27.1 Å². The van der Waals surface area contributed by atoms with Crippen molar-refractivity contribution in [1.82, 2.24) is 10.2 Å². The monoisotopic (exact) mass is 670 g/mol. The summed E-state index contributed by atoms with van der Waals surface area (Å²) in [6, 6.07) is 7.56. The van der Waals surface area contributed by atoms with Gasteiger partial charge in [0.15, 0.2) is 0 Å². The van der Waals surface area contributed by atoms with Crippen LogP contribution in [0.3, 0.4) is 0 Å². The lowest BCUT2D eigenvalue weighted by molar-refractivity contribution is -0.225. The average Bonchev–Trinajstić information content (AvgIpc) is 3.47. The highest BCUT2D eigenvalue weighted by molar-refractivity contribution is 5.88. The second-order valence-electron chi connectivity index (χ2n) is 18.5. The summed E-state index contributed by atoms with van der Waals surface area (Å²) in [5.41, 5.74) is 4.50. The molecule has 1 heterocycles. The summed E-state index contributed by atoms with van der Waals surface area (Å²) in [7, 11) is 0. The maximum atomic E-state index is 14.4. The maximum Gasteiger partial charge on any atom is 0.335 e. The molecule has 1 aromatic rings. The smallest absolute Gasteiger partial charge is 0.335 e. The van der Waals surface area contributed by atoms with E-state index in [9.17, 15) is 14.7 Å². The Balaban J connectivity index is 1.16. The van der Waals surface area contributed by atoms with Crippen molar-refractivity contribution in [2.45, 2.75) is 99.3 Å². The number of ether oxygens (including phenoxy) is 1. The zero-order valence-corrected chi connectivity index (χ0v) is 31.2. The molecule has 0 bridgehead atoms. The summed E-state index contributed by atoms with van der Waals surface area (Å²) in [6.45, 7) is 24.7. The van der Waals surface area contributed by atoms with E-state index in [2.05, 4.69) is 64.4 Å². The van der Waals surface area contributed by atoms with Gasteiger partial charge in [-0.2, -0.15) is 0 Å². The van der Waals surface area contributed by atoms with Gasteiger partial charge in [0.05, 0.1) is 24.2 Å². The lowest BCUT2D eigenvalue weighted by atomic mass is 9.32. The molecule has 1 aromatic carbocycles. The Hall–Kier alpha value is -2.44. The van der Waals surface area contributed by atoms with Crippen molar-refractivity contribution in [2.75, 3.05) is 39.4 Å². The van der Waals surface area contributed by atoms with Crippen LogP contribution in [-0.2, 0) is 9.53 Å². The molecule has 4 saturated carbocycles. The van der Waals surface area contributed by atoms with Gasteiger partial charge in [-0.1, -0.05) is 65.0 Å². The third-order valence-electron chi connectivity index (χ3n) is 16.4. The number of nitrogens with one attached hydrogen (secondary N) is 1. The SMILES string of the molecule is C=C(C)C1CCC2(C(=O)NCCN3CCOCC3)CCC3(C)C(CCC4C5(C)CC=C(c6ccc(C(=O)O)cc6)C(C)(C)C5CCC43C)C12. The van der Waals surface area contributed by atoms with Crippen LogP contribution >= 0.6 is 0 Å². The topological polar surface area (TPSA) is 78.9 Å². The number of carbonyl (C=O) groups excluding carboxylic acids is 1. The molecular formula is C43H62N2O4. The van der Waals surface area contributed by atoms with Crippen molar-refractivity contribution in [3.05, 3.63) is 53.6 Å². The van der Waals surface area contributed by atoms with Crippen LogP contribution in [0.4, 0.5) is 0 Å². The fourth-order valence-corrected chi connectivity index (χ4v) is 13.8. The molecule has 9 atom stereocenters. The summed E-state index contributed by atoms with van der Waals surface area (Å²) in [5.74, 6) is 1.97. The predicted molar refractivity (Wildman–Crippen MR) is 196 cm³/mol. The minimum absolute atomic E-state index is 0.00560. The molecule has 1 aliphatic heterocycles. The molecular weight excluding hydrogens is 608 g/mol. The van der Waals surface area contributed by atoms with Crippen LogP contribution in [0, 0.1) is 56.7 Å². The average molecular weight is 671 g/mol. The van der Waals surface area contributed by atoms with E-state index in [1.165, 1.54) is 42.4 Å². The first-order valence-corrected chi connectivity index (χ1v) is 19.5. The number of amides is 1. The van der Waals surface area contributed by atoms with E-state index < -0.39 is 5.97 Å². The molecule has 6 heteroatoms. The second kappa shape index (κ2) is 12.4. The number of carboxylic acids is 1. The highest BCUT2D eigenvalue weighted by Crippen LogP contribution is 2.77. The Kier molecular flexibility index (Phi) is 8.82. The highest BCUT2D eigenvalue weighted by Gasteiger charge is 2.71. The first-order chi connectivity index (χ1) is 23.2. The molecule has 1 saturated heterocycles. The van der Waals surface area contributed by atoms with Crippen molar-refractivity contribution >= 4 is 17.4 Å². The Morgan fingerprint density at radius 2 is 1.63 bits per heavy atom. The predicted octanol–water partition coefficient (Wildman–Crippen LogP) is 8.48. The van der Waals surface area contributed by atoms with Gasteiger partial charge in [0.25, 0.3) is 0 Å². The molecule has 5 aliphatic carbocycles. The fourth-order valence-electron chi connectivity index (χ4n) is 13.8. The number of carboxylic acid groups (broad SMARTS) is 1. The molecule has 7 rings (SSSR count). The second-order valence-corrected chi connectivity index (χ2v) is 18.5. The molecule has 268 valence electrons. The Bertz CT molecular complexity index is 1510. The number of fused-ring (bicyclic) bond motifs is 7. The highest BCUT2D eigenvalue weighted by atomic mass is 16.5. The van der Waals surface area contributed by atoms with Crippen LogP contribution in [-0.4, -0.2) is 61.3 Å². The molecule has 0 aromatic heterocycles. The van der Waals surface area contributed by atoms with Crippen molar-refractivity contribution in [3.8, 4) is 0 Å². The number of allylic oxidation sites excluding steroid dienone is 3. The quantitative estimate of drug-likeness (QED) is 0.285. The summed E-state index contributed by atoms with van der Waals surface area (Å²) < 4.78 is 5.54. The minimum Gasteiger partial charge on any atom is -0.478 e. The van der Waals surface area contributed by atoms with Crippen molar-refractivity contribution in [2.24, 2.45) is 56.7 Å². The third kappa shape index (κ3) is 5.23. The van der Waals surface area contributed by atoms with Gasteiger partial charge >= 0.3 is 5.97 Å². The summed E-state index contributed by atoms with van der Waals surface area (Å²) in [4.78, 5) is 28.4. The lowest BCUT2D eigenvalue weighted by Crippen LogP contribution is -2.66. The zero-order valence-electron chi connectivity index (χ0n) is 31.2. The number of hydrogen-bond acceptors (Lipinski definition) is 4. The summed E-state index contributed by atoms with van der Waals surface area (Å²) in [5, 5.41) is 13.0. The number of morpholine rings is 1. The minimum atomic E-state index is -0.872. The molecule has 0 radical (unpaired) electrons. The van der Waals surface area contributed by atoms with Crippen LogP contribution in [0.15, 0.2) is 42.5 Å². The molecule has 1 amide bonds. The Morgan fingerprint density at radius 1 is 0.918 bits per heavy atom. The van der Waals surface area contributed by atoms with Gasteiger partial charge in [-0.25, -0.2) is 4.79 Å². The van der Waals surface area contributed by atoms with Gasteiger partial charge in [0, 0.05) is 26.2 Å². The van der Waals surface area contributed by atoms with E-state index >= 15 is 0 Å². The maximum absolute atomic E-state index is 14.4.